The number of phenols is 1. The molecular weight excluding hydrogens is 531 g/mol. The van der Waals surface area contributed by atoms with Crippen LogP contribution in [0.1, 0.15) is 28.4 Å². The van der Waals surface area contributed by atoms with Crippen molar-refractivity contribution in [2.45, 2.75) is 13.5 Å². The van der Waals surface area contributed by atoms with E-state index >= 15 is 0 Å². The third kappa shape index (κ3) is 6.11. The maximum absolute atomic E-state index is 12.2. The van der Waals surface area contributed by atoms with Crippen molar-refractivity contribution in [1.29, 1.82) is 0 Å². The van der Waals surface area contributed by atoms with E-state index in [0.717, 1.165) is 14.7 Å². The lowest BCUT2D eigenvalue weighted by Gasteiger charge is -2.15. The Bertz CT molecular complexity index is 1100. The van der Waals surface area contributed by atoms with Gasteiger partial charge in [-0.1, -0.05) is 41.9 Å². The Morgan fingerprint density at radius 2 is 1.90 bits per heavy atom. The molecule has 0 spiro atoms. The normalized spacial score (nSPS) is 10.8. The number of amides is 1. The number of nitrogens with one attached hydrogen (secondary N) is 1. The number of halogens is 2. The molecule has 0 aliphatic carbocycles. The number of carbonyl (C=O) groups excluding carboxylic acids is 1. The molecule has 6 nitrogen and oxygen atoms in total. The van der Waals surface area contributed by atoms with Crippen molar-refractivity contribution in [2.24, 2.45) is 5.10 Å². The van der Waals surface area contributed by atoms with Gasteiger partial charge in [0.05, 0.1) is 22.0 Å². The van der Waals surface area contributed by atoms with E-state index in [4.69, 9.17) is 21.1 Å². The fraction of sp³-hybridized carbons (Fsp3) is 0.130. The van der Waals surface area contributed by atoms with Gasteiger partial charge in [-0.3, -0.25) is 4.79 Å². The predicted octanol–water partition coefficient (Wildman–Crippen LogP) is 5.39. The smallest absolute Gasteiger partial charge is 0.275 e. The number of para-hydroxylation sites is 1. The molecule has 2 N–H and O–H groups in total. The second-order valence-corrected chi connectivity index (χ2v) is 7.93. The zero-order chi connectivity index (χ0) is 22.2. The largest absolute Gasteiger partial charge is 0.507 e. The second-order valence-electron chi connectivity index (χ2n) is 6.36. The van der Waals surface area contributed by atoms with Crippen LogP contribution < -0.4 is 14.9 Å². The number of carbonyl (C=O) groups is 1. The lowest BCUT2D eigenvalue weighted by Crippen LogP contribution is -2.17. The van der Waals surface area contributed by atoms with Crippen LogP contribution >= 0.6 is 34.2 Å². The van der Waals surface area contributed by atoms with E-state index in [-0.39, 0.29) is 11.3 Å². The Balaban J connectivity index is 1.74. The van der Waals surface area contributed by atoms with Crippen molar-refractivity contribution in [3.8, 4) is 17.2 Å². The highest BCUT2D eigenvalue weighted by Gasteiger charge is 2.13. The minimum atomic E-state index is -0.506. The monoisotopic (exact) mass is 550 g/mol. The van der Waals surface area contributed by atoms with Crippen LogP contribution in [0, 0.1) is 3.57 Å². The molecule has 8 heteroatoms. The van der Waals surface area contributed by atoms with Gasteiger partial charge in [0.25, 0.3) is 5.91 Å². The molecule has 1 amide bonds. The SMILES string of the molecule is CCOc1cc(C=NNC(=O)c2ccccc2O)cc(I)c1OCc1ccccc1Cl. The van der Waals surface area contributed by atoms with Crippen molar-refractivity contribution < 1.29 is 19.4 Å². The molecule has 0 atom stereocenters. The van der Waals surface area contributed by atoms with Gasteiger partial charge in [0.2, 0.25) is 0 Å². The number of hydrogen-bond donors (Lipinski definition) is 2. The fourth-order valence-corrected chi connectivity index (χ4v) is 3.69. The van der Waals surface area contributed by atoms with Crippen molar-refractivity contribution in [1.82, 2.24) is 5.43 Å². The number of benzene rings is 3. The molecule has 0 aliphatic heterocycles. The summed E-state index contributed by atoms with van der Waals surface area (Å²) in [4.78, 5) is 12.2. The maximum Gasteiger partial charge on any atom is 0.275 e. The quantitative estimate of drug-likeness (QED) is 0.224. The van der Waals surface area contributed by atoms with E-state index in [2.05, 4.69) is 33.1 Å². The van der Waals surface area contributed by atoms with Gasteiger partial charge in [-0.25, -0.2) is 5.43 Å². The van der Waals surface area contributed by atoms with Crippen molar-refractivity contribution in [2.75, 3.05) is 6.61 Å². The summed E-state index contributed by atoms with van der Waals surface area (Å²) in [5, 5.41) is 14.4. The topological polar surface area (TPSA) is 80.2 Å². The first-order valence-electron chi connectivity index (χ1n) is 9.43. The average molecular weight is 551 g/mol. The summed E-state index contributed by atoms with van der Waals surface area (Å²) in [6.07, 6.45) is 1.50. The van der Waals surface area contributed by atoms with Crippen LogP contribution in [-0.4, -0.2) is 23.8 Å². The molecule has 3 aromatic carbocycles. The summed E-state index contributed by atoms with van der Waals surface area (Å²) in [5.41, 5.74) is 4.15. The maximum atomic E-state index is 12.2. The Hall–Kier alpha value is -2.78. The van der Waals surface area contributed by atoms with Crippen molar-refractivity contribution in [3.05, 3.63) is 85.9 Å². The number of rotatable bonds is 8. The number of phenolic OH excluding ortho intramolecular Hbond substituents is 1. The van der Waals surface area contributed by atoms with E-state index in [9.17, 15) is 9.90 Å². The molecule has 3 rings (SSSR count). The van der Waals surface area contributed by atoms with Crippen LogP contribution in [0.4, 0.5) is 0 Å². The number of ether oxygens (including phenoxy) is 2. The zero-order valence-corrected chi connectivity index (χ0v) is 19.6. The van der Waals surface area contributed by atoms with Gasteiger partial charge >= 0.3 is 0 Å². The number of hydrogen-bond acceptors (Lipinski definition) is 5. The van der Waals surface area contributed by atoms with E-state index < -0.39 is 5.91 Å². The van der Waals surface area contributed by atoms with Crippen LogP contribution in [0.15, 0.2) is 65.8 Å². The van der Waals surface area contributed by atoms with Gasteiger partial charge in [0.1, 0.15) is 12.4 Å². The van der Waals surface area contributed by atoms with E-state index in [1.165, 1.54) is 18.3 Å². The van der Waals surface area contributed by atoms with Gasteiger partial charge in [0.15, 0.2) is 11.5 Å². The molecular formula is C23H20ClIN2O4. The van der Waals surface area contributed by atoms with Crippen LogP contribution in [-0.2, 0) is 6.61 Å². The third-order valence-corrected chi connectivity index (χ3v) is 5.36. The molecule has 0 aliphatic rings. The highest BCUT2D eigenvalue weighted by molar-refractivity contribution is 14.1. The standard InChI is InChI=1S/C23H20ClIN2O4/c1-2-30-21-12-15(13-26-27-23(29)17-8-4-6-10-20(17)28)11-19(25)22(21)31-14-16-7-3-5-9-18(16)24/h3-13,28H,2,14H2,1H3,(H,27,29). The molecule has 0 bridgehead atoms. The Morgan fingerprint density at radius 1 is 1.16 bits per heavy atom. The summed E-state index contributed by atoms with van der Waals surface area (Å²) in [6, 6.07) is 17.4. The molecule has 31 heavy (non-hydrogen) atoms. The molecule has 0 saturated carbocycles. The molecule has 3 aromatic rings. The van der Waals surface area contributed by atoms with Crippen LogP contribution in [0.5, 0.6) is 17.2 Å². The van der Waals surface area contributed by atoms with E-state index in [1.54, 1.807) is 18.2 Å². The van der Waals surface area contributed by atoms with E-state index in [0.29, 0.717) is 29.7 Å². The van der Waals surface area contributed by atoms with Crippen LogP contribution in [0.3, 0.4) is 0 Å². The first kappa shape index (κ1) is 22.9. The molecule has 160 valence electrons. The molecule has 0 radical (unpaired) electrons. The predicted molar refractivity (Wildman–Crippen MR) is 129 cm³/mol. The van der Waals surface area contributed by atoms with E-state index in [1.807, 2.05) is 37.3 Å². The Labute approximate surface area is 199 Å². The number of nitrogens with zero attached hydrogens (tertiary/aromatic N) is 1. The minimum absolute atomic E-state index is 0.108. The van der Waals surface area contributed by atoms with Gasteiger partial charge in [-0.2, -0.15) is 5.10 Å². The summed E-state index contributed by atoms with van der Waals surface area (Å²) in [6.45, 7) is 2.65. The molecule has 0 aromatic heterocycles. The summed E-state index contributed by atoms with van der Waals surface area (Å²) in [7, 11) is 0. The first-order valence-corrected chi connectivity index (χ1v) is 10.9. The average Bonchev–Trinajstić information content (AvgIpc) is 2.75. The minimum Gasteiger partial charge on any atom is -0.507 e. The lowest BCUT2D eigenvalue weighted by atomic mass is 10.2. The van der Waals surface area contributed by atoms with Crippen molar-refractivity contribution in [3.63, 3.8) is 0 Å². The van der Waals surface area contributed by atoms with Crippen LogP contribution in [0.25, 0.3) is 0 Å². The summed E-state index contributed by atoms with van der Waals surface area (Å²) >= 11 is 8.37. The molecule has 0 heterocycles. The fourth-order valence-electron chi connectivity index (χ4n) is 2.72. The third-order valence-electron chi connectivity index (χ3n) is 4.19. The number of aromatic hydroxyl groups is 1. The Morgan fingerprint density at radius 3 is 2.65 bits per heavy atom. The van der Waals surface area contributed by atoms with Gasteiger partial charge in [-0.05, 0) is 65.4 Å². The van der Waals surface area contributed by atoms with Gasteiger partial charge in [0, 0.05) is 10.6 Å². The van der Waals surface area contributed by atoms with Crippen LogP contribution in [0.2, 0.25) is 5.02 Å². The first-order chi connectivity index (χ1) is 15.0. The van der Waals surface area contributed by atoms with Gasteiger partial charge in [-0.15, -0.1) is 0 Å². The van der Waals surface area contributed by atoms with Gasteiger partial charge < -0.3 is 14.6 Å². The summed E-state index contributed by atoms with van der Waals surface area (Å²) in [5.74, 6) is 0.560. The zero-order valence-electron chi connectivity index (χ0n) is 16.6. The van der Waals surface area contributed by atoms with Crippen molar-refractivity contribution >= 4 is 46.3 Å². The lowest BCUT2D eigenvalue weighted by molar-refractivity contribution is 0.0952. The Kier molecular flexibility index (Phi) is 8.13. The molecule has 0 saturated heterocycles. The molecule has 0 fully saturated rings. The summed E-state index contributed by atoms with van der Waals surface area (Å²) < 4.78 is 12.6. The highest BCUT2D eigenvalue weighted by atomic mass is 127. The second kappa shape index (κ2) is 11.0. The highest BCUT2D eigenvalue weighted by Crippen LogP contribution is 2.35. The number of hydrazone groups is 1. The molecule has 0 unspecified atom stereocenters.